The van der Waals surface area contributed by atoms with Gasteiger partial charge in [0.15, 0.2) is 0 Å². The first-order chi connectivity index (χ1) is 14.9. The maximum absolute atomic E-state index is 14.4. The number of halogens is 1. The highest BCUT2D eigenvalue weighted by atomic mass is 19.1. The van der Waals surface area contributed by atoms with E-state index in [-0.39, 0.29) is 36.5 Å². The Hall–Kier alpha value is -3.78. The first-order valence-corrected chi connectivity index (χ1v) is 9.24. The van der Waals surface area contributed by atoms with Crippen molar-refractivity contribution >= 4 is 23.4 Å². The van der Waals surface area contributed by atoms with E-state index in [0.29, 0.717) is 11.3 Å². The van der Waals surface area contributed by atoms with Gasteiger partial charge in [-0.05, 0) is 42.5 Å². The number of nitrogens with two attached hydrogens (primary N) is 2. The normalized spacial score (nSPS) is 11.0. The highest BCUT2D eigenvalue weighted by Gasteiger charge is 2.20. The summed E-state index contributed by atoms with van der Waals surface area (Å²) in [6.45, 7) is 0.00661. The second-order valence-corrected chi connectivity index (χ2v) is 6.35. The van der Waals surface area contributed by atoms with Gasteiger partial charge in [0.05, 0.1) is 5.56 Å². The van der Waals surface area contributed by atoms with Crippen molar-refractivity contribution in [3.05, 3.63) is 65.0 Å². The standard InChI is InChI=1S/C21H22FN5O4/c22-17-11-15(20(29)26-18(12-24)21(30)27-31)6-5-14(17)4-1-13-2-7-16(8-3-13)25-19(28)9-10-23/h2-3,5-8,11,18,31H,9-10,12,23-24H2,(H,25,28)(H,26,29)(H,27,30)/t18-/m0/s1. The van der Waals surface area contributed by atoms with Gasteiger partial charge in [-0.1, -0.05) is 11.8 Å². The van der Waals surface area contributed by atoms with Crippen molar-refractivity contribution in [2.75, 3.05) is 18.4 Å². The van der Waals surface area contributed by atoms with E-state index < -0.39 is 23.7 Å². The molecule has 0 aliphatic rings. The average molecular weight is 427 g/mol. The van der Waals surface area contributed by atoms with Crippen molar-refractivity contribution in [2.24, 2.45) is 11.5 Å². The molecule has 8 N–H and O–H groups in total. The maximum Gasteiger partial charge on any atom is 0.267 e. The van der Waals surface area contributed by atoms with Crippen LogP contribution in [0.15, 0.2) is 42.5 Å². The molecule has 0 fully saturated rings. The van der Waals surface area contributed by atoms with Crippen LogP contribution in [0.1, 0.15) is 27.9 Å². The summed E-state index contributed by atoms with van der Waals surface area (Å²) < 4.78 is 14.4. The fourth-order valence-electron chi connectivity index (χ4n) is 2.44. The summed E-state index contributed by atoms with van der Waals surface area (Å²) >= 11 is 0. The highest BCUT2D eigenvalue weighted by Crippen LogP contribution is 2.12. The van der Waals surface area contributed by atoms with E-state index in [0.717, 1.165) is 6.07 Å². The number of benzene rings is 2. The molecule has 31 heavy (non-hydrogen) atoms. The van der Waals surface area contributed by atoms with Crippen molar-refractivity contribution in [3.8, 4) is 11.8 Å². The molecule has 0 aromatic heterocycles. The zero-order chi connectivity index (χ0) is 22.8. The van der Waals surface area contributed by atoms with Gasteiger partial charge >= 0.3 is 0 Å². The molecule has 1 atom stereocenters. The first-order valence-electron chi connectivity index (χ1n) is 9.24. The zero-order valence-corrected chi connectivity index (χ0v) is 16.4. The van der Waals surface area contributed by atoms with E-state index in [2.05, 4.69) is 22.5 Å². The van der Waals surface area contributed by atoms with E-state index in [1.54, 1.807) is 24.3 Å². The molecule has 9 nitrogen and oxygen atoms in total. The highest BCUT2D eigenvalue weighted by molar-refractivity contribution is 5.97. The molecule has 0 bridgehead atoms. The summed E-state index contributed by atoms with van der Waals surface area (Å²) in [7, 11) is 0. The molecular formula is C21H22FN5O4. The molecule has 0 saturated heterocycles. The minimum Gasteiger partial charge on any atom is -0.339 e. The van der Waals surface area contributed by atoms with Gasteiger partial charge in [-0.2, -0.15) is 0 Å². The fourth-order valence-corrected chi connectivity index (χ4v) is 2.44. The quantitative estimate of drug-likeness (QED) is 0.208. The minimum absolute atomic E-state index is 0.0372. The summed E-state index contributed by atoms with van der Waals surface area (Å²) in [6.07, 6.45) is 0.219. The summed E-state index contributed by atoms with van der Waals surface area (Å²) in [5.74, 6) is 2.95. The Morgan fingerprint density at radius 1 is 1.06 bits per heavy atom. The van der Waals surface area contributed by atoms with E-state index in [4.69, 9.17) is 16.7 Å². The molecule has 0 aliphatic carbocycles. The average Bonchev–Trinajstić information content (AvgIpc) is 2.77. The van der Waals surface area contributed by atoms with Gasteiger partial charge in [-0.15, -0.1) is 0 Å². The SMILES string of the molecule is NCCC(=O)Nc1ccc(C#Cc2ccc(C(=O)N[C@@H](CN)C(=O)NO)cc2F)cc1. The van der Waals surface area contributed by atoms with Crippen LogP contribution in [-0.2, 0) is 9.59 Å². The van der Waals surface area contributed by atoms with Gasteiger partial charge in [-0.25, -0.2) is 9.87 Å². The molecular weight excluding hydrogens is 405 g/mol. The second-order valence-electron chi connectivity index (χ2n) is 6.35. The third kappa shape index (κ3) is 6.90. The van der Waals surface area contributed by atoms with Gasteiger partial charge in [-0.3, -0.25) is 19.6 Å². The number of rotatable bonds is 7. The van der Waals surface area contributed by atoms with Crippen LogP contribution in [0.3, 0.4) is 0 Å². The lowest BCUT2D eigenvalue weighted by Gasteiger charge is -2.14. The topological polar surface area (TPSA) is 160 Å². The molecule has 2 rings (SSSR count). The van der Waals surface area contributed by atoms with Crippen LogP contribution in [0.4, 0.5) is 10.1 Å². The number of carbonyl (C=O) groups excluding carboxylic acids is 3. The molecule has 0 spiro atoms. The molecule has 2 aromatic rings. The van der Waals surface area contributed by atoms with Gasteiger partial charge in [0.2, 0.25) is 5.91 Å². The van der Waals surface area contributed by atoms with Crippen LogP contribution in [0.25, 0.3) is 0 Å². The van der Waals surface area contributed by atoms with E-state index in [9.17, 15) is 18.8 Å². The van der Waals surface area contributed by atoms with Crippen LogP contribution in [0.5, 0.6) is 0 Å². The van der Waals surface area contributed by atoms with Crippen molar-refractivity contribution < 1.29 is 24.0 Å². The molecule has 2 aromatic carbocycles. The smallest absolute Gasteiger partial charge is 0.267 e. The molecule has 10 heteroatoms. The Morgan fingerprint density at radius 3 is 2.35 bits per heavy atom. The lowest BCUT2D eigenvalue weighted by molar-refractivity contribution is -0.130. The maximum atomic E-state index is 14.4. The number of anilines is 1. The van der Waals surface area contributed by atoms with Crippen molar-refractivity contribution in [1.29, 1.82) is 0 Å². The molecule has 162 valence electrons. The van der Waals surface area contributed by atoms with Crippen LogP contribution < -0.4 is 27.6 Å². The minimum atomic E-state index is -1.16. The molecule has 0 radical (unpaired) electrons. The Labute approximate surface area is 177 Å². The Balaban J connectivity index is 2.08. The van der Waals surface area contributed by atoms with Crippen molar-refractivity contribution in [2.45, 2.75) is 12.5 Å². The number of carbonyl (C=O) groups is 3. The van der Waals surface area contributed by atoms with Gasteiger partial charge in [0, 0.05) is 36.3 Å². The third-order valence-corrected chi connectivity index (χ3v) is 4.08. The van der Waals surface area contributed by atoms with Gasteiger partial charge in [0.1, 0.15) is 11.9 Å². The van der Waals surface area contributed by atoms with E-state index in [1.165, 1.54) is 17.6 Å². The fraction of sp³-hybridized carbons (Fsp3) is 0.190. The zero-order valence-electron chi connectivity index (χ0n) is 16.4. The largest absolute Gasteiger partial charge is 0.339 e. The van der Waals surface area contributed by atoms with Crippen LogP contribution in [0.2, 0.25) is 0 Å². The van der Waals surface area contributed by atoms with E-state index in [1.807, 2.05) is 0 Å². The van der Waals surface area contributed by atoms with Crippen LogP contribution >= 0.6 is 0 Å². The first kappa shape index (κ1) is 23.5. The molecule has 0 saturated carbocycles. The van der Waals surface area contributed by atoms with E-state index >= 15 is 0 Å². The Bertz CT molecular complexity index is 1010. The van der Waals surface area contributed by atoms with Crippen LogP contribution in [-0.4, -0.2) is 42.1 Å². The predicted octanol–water partition coefficient (Wildman–Crippen LogP) is 0.0753. The molecule has 0 unspecified atom stereocenters. The van der Waals surface area contributed by atoms with Gasteiger partial charge < -0.3 is 22.1 Å². The summed E-state index contributed by atoms with van der Waals surface area (Å²) in [6, 6.07) is 9.18. The Kier molecular flexibility index (Phi) is 8.65. The molecule has 0 heterocycles. The number of hydrogen-bond donors (Lipinski definition) is 6. The lowest BCUT2D eigenvalue weighted by Crippen LogP contribution is -2.50. The number of amides is 3. The summed E-state index contributed by atoms with van der Waals surface area (Å²) in [5.41, 5.74) is 13.3. The van der Waals surface area contributed by atoms with Crippen molar-refractivity contribution in [1.82, 2.24) is 10.8 Å². The lowest BCUT2D eigenvalue weighted by atomic mass is 10.1. The second kappa shape index (κ2) is 11.4. The number of hydrogen-bond acceptors (Lipinski definition) is 6. The van der Waals surface area contributed by atoms with Gasteiger partial charge in [0.25, 0.3) is 11.8 Å². The van der Waals surface area contributed by atoms with Crippen LogP contribution in [0, 0.1) is 17.7 Å². The number of hydroxylamine groups is 1. The summed E-state index contributed by atoms with van der Waals surface area (Å²) in [5, 5.41) is 13.6. The summed E-state index contributed by atoms with van der Waals surface area (Å²) in [4.78, 5) is 35.1. The molecule has 0 aliphatic heterocycles. The predicted molar refractivity (Wildman–Crippen MR) is 111 cm³/mol. The van der Waals surface area contributed by atoms with Crippen molar-refractivity contribution in [3.63, 3.8) is 0 Å². The molecule has 3 amide bonds. The monoisotopic (exact) mass is 427 g/mol. The Morgan fingerprint density at radius 2 is 1.77 bits per heavy atom. The number of nitrogens with one attached hydrogen (secondary N) is 3. The third-order valence-electron chi connectivity index (χ3n) is 4.08.